The van der Waals surface area contributed by atoms with Gasteiger partial charge in [-0.25, -0.2) is 4.79 Å². The van der Waals surface area contributed by atoms with Gasteiger partial charge in [-0.15, -0.1) is 0 Å². The molecular weight excluding hydrogens is 451 g/mol. The maximum Gasteiger partial charge on any atom is 0.338 e. The molecule has 2 heterocycles. The van der Waals surface area contributed by atoms with Crippen molar-refractivity contribution in [3.8, 4) is 0 Å². The van der Waals surface area contributed by atoms with Crippen LogP contribution in [-0.4, -0.2) is 33.5 Å². The lowest BCUT2D eigenvalue weighted by atomic mass is 10.2. The molecule has 0 bridgehead atoms. The van der Waals surface area contributed by atoms with Crippen molar-refractivity contribution in [3.05, 3.63) is 66.5 Å². The quantitative estimate of drug-likeness (QED) is 0.638. The summed E-state index contributed by atoms with van der Waals surface area (Å²) >= 11 is 1.84. The monoisotopic (exact) mass is 470 g/mol. The largest absolute Gasteiger partial charge is 0.348 e. The van der Waals surface area contributed by atoms with E-state index in [9.17, 15) is 14.4 Å². The van der Waals surface area contributed by atoms with Gasteiger partial charge in [0.1, 0.15) is 0 Å². The van der Waals surface area contributed by atoms with Crippen LogP contribution < -0.4 is 11.2 Å². The second-order valence-corrected chi connectivity index (χ2v) is 7.67. The third-order valence-corrected chi connectivity index (χ3v) is 4.84. The van der Waals surface area contributed by atoms with Crippen LogP contribution in [0.15, 0.2) is 46.1 Å². The van der Waals surface area contributed by atoms with Gasteiger partial charge in [0.15, 0.2) is 5.79 Å². The van der Waals surface area contributed by atoms with Crippen LogP contribution in [0.25, 0.3) is 0 Å². The molecule has 1 aromatic heterocycles. The fraction of sp³-hybridized carbons (Fsp3) is 0.389. The Morgan fingerprint density at radius 1 is 1.27 bits per heavy atom. The van der Waals surface area contributed by atoms with Crippen LogP contribution in [0, 0.1) is 3.57 Å². The zero-order valence-corrected chi connectivity index (χ0v) is 16.6. The van der Waals surface area contributed by atoms with Crippen molar-refractivity contribution in [1.29, 1.82) is 0 Å². The van der Waals surface area contributed by atoms with Gasteiger partial charge >= 0.3 is 5.69 Å². The highest BCUT2D eigenvalue weighted by Crippen LogP contribution is 2.24. The first-order valence-electron chi connectivity index (χ1n) is 8.22. The maximum atomic E-state index is 12.7. The van der Waals surface area contributed by atoms with Crippen LogP contribution in [0.3, 0.4) is 0 Å². The third-order valence-electron chi connectivity index (χ3n) is 4.10. The van der Waals surface area contributed by atoms with Gasteiger partial charge in [-0.2, -0.15) is 4.57 Å². The molecule has 0 amide bonds. The van der Waals surface area contributed by atoms with Crippen molar-refractivity contribution in [3.63, 3.8) is 0 Å². The Morgan fingerprint density at radius 2 is 1.96 bits per heavy atom. The molecule has 2 aromatic rings. The number of carbonyl (C=O) groups excluding carboxylic acids is 1. The first kappa shape index (κ1) is 19.0. The lowest BCUT2D eigenvalue weighted by Crippen LogP contribution is -2.45. The number of ether oxygens (including phenoxy) is 2. The molecule has 3 rings (SSSR count). The Kier molecular flexibility index (Phi) is 5.44. The van der Waals surface area contributed by atoms with E-state index >= 15 is 0 Å². The molecule has 0 spiro atoms. The summed E-state index contributed by atoms with van der Waals surface area (Å²) in [5, 5.41) is 0. The summed E-state index contributed by atoms with van der Waals surface area (Å²) in [4.78, 5) is 37.7. The molecular formula is C18H19IN2O5. The number of benzene rings is 1. The molecule has 1 aromatic carbocycles. The van der Waals surface area contributed by atoms with Gasteiger partial charge in [-0.1, -0.05) is 18.2 Å². The molecule has 1 atom stereocenters. The van der Waals surface area contributed by atoms with Gasteiger partial charge in [-0.3, -0.25) is 14.2 Å². The molecule has 0 aliphatic carbocycles. The summed E-state index contributed by atoms with van der Waals surface area (Å²) in [5.41, 5.74) is -0.973. The second-order valence-electron chi connectivity index (χ2n) is 6.50. The third kappa shape index (κ3) is 3.97. The predicted molar refractivity (Wildman–Crippen MR) is 103 cm³/mol. The van der Waals surface area contributed by atoms with Crippen LogP contribution in [0.4, 0.5) is 0 Å². The number of hydrogen-bond acceptors (Lipinski definition) is 5. The molecule has 1 aliphatic heterocycles. The summed E-state index contributed by atoms with van der Waals surface area (Å²) in [7, 11) is 0. The summed E-state index contributed by atoms with van der Waals surface area (Å²) in [6.07, 6.45) is 1.87. The highest BCUT2D eigenvalue weighted by atomic mass is 127. The number of hydrogen-bond donors (Lipinski definition) is 0. The van der Waals surface area contributed by atoms with Crippen molar-refractivity contribution in [1.82, 2.24) is 9.13 Å². The normalized spacial score (nSPS) is 18.8. The Balaban J connectivity index is 1.89. The van der Waals surface area contributed by atoms with Crippen LogP contribution in [0.1, 0.15) is 30.6 Å². The van der Waals surface area contributed by atoms with Gasteiger partial charge in [0.05, 0.1) is 16.3 Å². The van der Waals surface area contributed by atoms with Gasteiger partial charge in [-0.05, 0) is 55.0 Å². The number of aryl methyl sites for hydroxylation is 1. The van der Waals surface area contributed by atoms with E-state index in [1.165, 1.54) is 10.8 Å². The van der Waals surface area contributed by atoms with E-state index < -0.39 is 22.9 Å². The minimum Gasteiger partial charge on any atom is -0.348 e. The number of nitrogens with zero attached hydrogens (tertiary/aromatic N) is 2. The number of aromatic nitrogens is 2. The molecule has 8 heteroatoms. The molecule has 138 valence electrons. The molecule has 0 radical (unpaired) electrons. The standard InChI is InChI=1S/C18H19IN2O5/c1-18(2)25-11-13(26-18)8-9-20-10-14(19)16(23)21(17(20)24)15(22)12-6-4-3-5-7-12/h3-7,10,13H,8-9,11H2,1-2H3/t13-/m0/s1. The van der Waals surface area contributed by atoms with E-state index in [1.807, 2.05) is 36.4 Å². The number of carbonyl (C=O) groups is 1. The fourth-order valence-corrected chi connectivity index (χ4v) is 3.38. The van der Waals surface area contributed by atoms with Gasteiger partial charge < -0.3 is 9.47 Å². The minimum atomic E-state index is -0.651. The van der Waals surface area contributed by atoms with Crippen molar-refractivity contribution in [2.45, 2.75) is 38.7 Å². The average Bonchev–Trinajstić information content (AvgIpc) is 2.96. The molecule has 0 saturated carbocycles. The maximum absolute atomic E-state index is 12.7. The van der Waals surface area contributed by atoms with Gasteiger partial charge in [0.25, 0.3) is 11.5 Å². The SMILES string of the molecule is CC1(C)OC[C@H](CCn2cc(I)c(=O)n(C(=O)c3ccccc3)c2=O)O1. The van der Waals surface area contributed by atoms with Gasteiger partial charge in [0, 0.05) is 18.3 Å². The number of halogens is 1. The zero-order valence-electron chi connectivity index (χ0n) is 14.5. The van der Waals surface area contributed by atoms with E-state index in [0.29, 0.717) is 27.7 Å². The van der Waals surface area contributed by atoms with E-state index in [2.05, 4.69) is 0 Å². The topological polar surface area (TPSA) is 79.5 Å². The minimum absolute atomic E-state index is 0.139. The number of rotatable bonds is 4. The van der Waals surface area contributed by atoms with E-state index in [1.54, 1.807) is 30.3 Å². The first-order chi connectivity index (χ1) is 12.3. The molecule has 1 fully saturated rings. The lowest BCUT2D eigenvalue weighted by molar-refractivity contribution is -0.139. The Labute approximate surface area is 163 Å². The summed E-state index contributed by atoms with van der Waals surface area (Å²) in [6, 6.07) is 8.28. The summed E-state index contributed by atoms with van der Waals surface area (Å²) in [5.74, 6) is -1.26. The van der Waals surface area contributed by atoms with Crippen LogP contribution in [0.2, 0.25) is 0 Å². The van der Waals surface area contributed by atoms with E-state index in [0.717, 1.165) is 0 Å². The van der Waals surface area contributed by atoms with Crippen molar-refractivity contribution < 1.29 is 14.3 Å². The first-order valence-corrected chi connectivity index (χ1v) is 9.30. The Bertz CT molecular complexity index is 933. The van der Waals surface area contributed by atoms with Crippen molar-refractivity contribution >= 4 is 28.5 Å². The Hall–Kier alpha value is -1.78. The summed E-state index contributed by atoms with van der Waals surface area (Å²) < 4.78 is 13.6. The van der Waals surface area contributed by atoms with Crippen molar-refractivity contribution in [2.24, 2.45) is 0 Å². The van der Waals surface area contributed by atoms with E-state index in [4.69, 9.17) is 9.47 Å². The van der Waals surface area contributed by atoms with Crippen LogP contribution in [-0.2, 0) is 16.0 Å². The molecule has 26 heavy (non-hydrogen) atoms. The van der Waals surface area contributed by atoms with Gasteiger partial charge in [0.2, 0.25) is 0 Å². The van der Waals surface area contributed by atoms with E-state index in [-0.39, 0.29) is 11.7 Å². The molecule has 0 N–H and O–H groups in total. The smallest absolute Gasteiger partial charge is 0.338 e. The lowest BCUT2D eigenvalue weighted by Gasteiger charge is -2.17. The molecule has 1 aliphatic rings. The molecule has 7 nitrogen and oxygen atoms in total. The predicted octanol–water partition coefficient (Wildman–Crippen LogP) is 1.84. The molecule has 0 unspecified atom stereocenters. The highest BCUT2D eigenvalue weighted by Gasteiger charge is 2.32. The molecule has 1 saturated heterocycles. The fourth-order valence-electron chi connectivity index (χ4n) is 2.81. The van der Waals surface area contributed by atoms with Crippen molar-refractivity contribution in [2.75, 3.05) is 6.61 Å². The Morgan fingerprint density at radius 3 is 2.58 bits per heavy atom. The highest BCUT2D eigenvalue weighted by molar-refractivity contribution is 14.1. The van der Waals surface area contributed by atoms with Crippen LogP contribution >= 0.6 is 22.6 Å². The zero-order chi connectivity index (χ0) is 18.9. The second kappa shape index (κ2) is 7.45. The summed E-state index contributed by atoms with van der Waals surface area (Å²) in [6.45, 7) is 4.43. The van der Waals surface area contributed by atoms with Crippen LogP contribution in [0.5, 0.6) is 0 Å². The average molecular weight is 470 g/mol.